The van der Waals surface area contributed by atoms with E-state index in [0.717, 1.165) is 11.1 Å². The molecule has 2 fully saturated rings. The first-order valence-electron chi connectivity index (χ1n) is 21.0. The number of nitrogens with one attached hydrogen (secondary N) is 1. The maximum Gasteiger partial charge on any atom is 0.412 e. The summed E-state index contributed by atoms with van der Waals surface area (Å²) in [5.74, 6) is 0.113. The summed E-state index contributed by atoms with van der Waals surface area (Å²) >= 11 is 0. The summed E-state index contributed by atoms with van der Waals surface area (Å²) in [4.78, 5) is 47.6. The molecule has 6 rings (SSSR count). The van der Waals surface area contributed by atoms with E-state index < -0.39 is 63.9 Å². The first-order valence-corrected chi connectivity index (χ1v) is 24.9. The molecule has 19 nitrogen and oxygen atoms in total. The van der Waals surface area contributed by atoms with Crippen LogP contribution in [0.25, 0.3) is 11.2 Å². The molecule has 0 aliphatic carbocycles. The van der Waals surface area contributed by atoms with Gasteiger partial charge in [0.05, 0.1) is 36.0 Å². The third-order valence-corrected chi connectivity index (χ3v) is 21.7. The number of ether oxygens (including phenoxy) is 4. The molecule has 2 aromatic carbocycles. The van der Waals surface area contributed by atoms with Crippen LogP contribution in [-0.2, 0) is 44.8 Å². The fourth-order valence-corrected chi connectivity index (χ4v) is 19.4. The number of hydrogen-bond acceptors (Lipinski definition) is 15. The molecule has 2 aliphatic heterocycles. The number of nitro groups is 2. The van der Waals surface area contributed by atoms with Crippen molar-refractivity contribution in [2.45, 2.75) is 128 Å². The summed E-state index contributed by atoms with van der Waals surface area (Å²) < 4.78 is 49.0. The van der Waals surface area contributed by atoms with Gasteiger partial charge < -0.3 is 31.9 Å². The Kier molecular flexibility index (Phi) is 14.9. The van der Waals surface area contributed by atoms with Crippen LogP contribution < -0.4 is 5.32 Å². The van der Waals surface area contributed by atoms with E-state index in [9.17, 15) is 25.0 Å². The number of benzene rings is 2. The number of carbonyl (C=O) groups excluding carboxylic acids is 1. The third kappa shape index (κ3) is 10.0. The van der Waals surface area contributed by atoms with Gasteiger partial charge >= 0.3 is 23.2 Å². The lowest BCUT2D eigenvalue weighted by Gasteiger charge is -2.51. The van der Waals surface area contributed by atoms with E-state index in [2.05, 4.69) is 75.7 Å². The number of non-ortho nitro benzene ring substituents is 2. The number of carbonyl (C=O) groups is 1. The van der Waals surface area contributed by atoms with Gasteiger partial charge in [0, 0.05) is 30.7 Å². The zero-order valence-electron chi connectivity index (χ0n) is 36.6. The summed E-state index contributed by atoms with van der Waals surface area (Å²) in [7, 11) is -6.04. The van der Waals surface area contributed by atoms with Crippen molar-refractivity contribution in [3.63, 3.8) is 0 Å². The van der Waals surface area contributed by atoms with Crippen LogP contribution in [0.4, 0.5) is 22.0 Å². The van der Waals surface area contributed by atoms with E-state index in [0.29, 0.717) is 18.5 Å². The number of anilines is 1. The minimum atomic E-state index is -3.13. The standard InChI is InChI=1S/C41H57N7O12Si2/c1-25(2)61(26(3)4)56-22-34-36(59-62(60-61,27(5)6)28(7)8)37(57-29(9)54-20-18-30-10-14-32(15-11-30)47(50)51)40(58-34)46-24-44-35-38(42-23-43-39(35)46)45-41(49)55-21-19-31-12-16-33(17-13-31)48(52)53/h10-17,23-29,34,36-37,40H,18-22H2,1-9H3,(H,42,43,45,49)/t29?,34-,36-,37-,40-/m1/s1. The van der Waals surface area contributed by atoms with Crippen LogP contribution >= 0.6 is 0 Å². The average molecular weight is 896 g/mol. The van der Waals surface area contributed by atoms with Crippen molar-refractivity contribution in [3.8, 4) is 0 Å². The Labute approximate surface area is 362 Å². The van der Waals surface area contributed by atoms with Crippen LogP contribution in [-0.4, -0.2) is 97.0 Å². The smallest absolute Gasteiger partial charge is 0.412 e. The Hall–Kier alpha value is -4.75. The van der Waals surface area contributed by atoms with Crippen molar-refractivity contribution in [2.75, 3.05) is 25.1 Å². The molecule has 21 heteroatoms. The monoisotopic (exact) mass is 895 g/mol. The van der Waals surface area contributed by atoms with E-state index in [4.69, 9.17) is 31.9 Å². The van der Waals surface area contributed by atoms with Gasteiger partial charge in [-0.1, -0.05) is 79.7 Å². The quantitative estimate of drug-likeness (QED) is 0.0456. The van der Waals surface area contributed by atoms with Crippen molar-refractivity contribution in [1.82, 2.24) is 19.5 Å². The highest BCUT2D eigenvalue weighted by molar-refractivity contribution is 6.84. The number of fused-ring (bicyclic) bond motifs is 2. The van der Waals surface area contributed by atoms with Gasteiger partial charge in [0.25, 0.3) is 11.4 Å². The molecule has 2 aromatic heterocycles. The SMILES string of the molecule is CC(OCCc1ccc([N+](=O)[O-])cc1)O[C@@H]1[C@@H]2O[Si](C(C)C)(C(C)C)O[Si](C(C)C)(C(C)C)OC[C@H]2O[C@H]1n1cnc2c(NC(=O)OCCc3ccc([N+](=O)[O-])cc3)ncnc21. The fraction of sp³-hybridized carbons (Fsp3) is 0.561. The van der Waals surface area contributed by atoms with Gasteiger partial charge in [-0.3, -0.25) is 30.1 Å². The Bertz CT molecular complexity index is 2160. The second-order valence-electron chi connectivity index (χ2n) is 16.8. The maximum absolute atomic E-state index is 13.0. The second-order valence-corrected chi connectivity index (χ2v) is 25.7. The number of amides is 1. The lowest BCUT2D eigenvalue weighted by molar-refractivity contribution is -0.385. The lowest BCUT2D eigenvalue weighted by atomic mass is 10.1. The van der Waals surface area contributed by atoms with Gasteiger partial charge in [0.1, 0.15) is 24.6 Å². The first kappa shape index (κ1) is 46.7. The number of aromatic nitrogens is 4. The van der Waals surface area contributed by atoms with Gasteiger partial charge in [-0.2, -0.15) is 0 Å². The van der Waals surface area contributed by atoms with Gasteiger partial charge in [0.15, 0.2) is 29.5 Å². The molecule has 5 atom stereocenters. The molecule has 1 N–H and O–H groups in total. The predicted octanol–water partition coefficient (Wildman–Crippen LogP) is 8.28. The van der Waals surface area contributed by atoms with Crippen LogP contribution in [0.15, 0.2) is 61.2 Å². The zero-order valence-corrected chi connectivity index (χ0v) is 38.6. The predicted molar refractivity (Wildman–Crippen MR) is 232 cm³/mol. The topological polar surface area (TPSA) is 224 Å². The molecule has 0 saturated carbocycles. The highest BCUT2D eigenvalue weighted by Crippen LogP contribution is 2.49. The summed E-state index contributed by atoms with van der Waals surface area (Å²) in [5, 5.41) is 24.8. The van der Waals surface area contributed by atoms with E-state index in [1.165, 1.54) is 30.6 Å². The molecule has 1 amide bonds. The largest absolute Gasteiger partial charge is 0.449 e. The van der Waals surface area contributed by atoms with Crippen molar-refractivity contribution in [1.29, 1.82) is 0 Å². The molecule has 62 heavy (non-hydrogen) atoms. The van der Waals surface area contributed by atoms with Crippen LogP contribution in [0.2, 0.25) is 22.2 Å². The summed E-state index contributed by atoms with van der Waals surface area (Å²) in [6.45, 7) is 19.5. The molecule has 4 aromatic rings. The van der Waals surface area contributed by atoms with Crippen LogP contribution in [0.1, 0.15) is 79.7 Å². The Morgan fingerprint density at radius 3 is 1.94 bits per heavy atom. The molecule has 0 bridgehead atoms. The van der Waals surface area contributed by atoms with Crippen LogP contribution in [0, 0.1) is 20.2 Å². The molecule has 2 saturated heterocycles. The van der Waals surface area contributed by atoms with Crippen molar-refractivity contribution < 1.29 is 46.6 Å². The van der Waals surface area contributed by atoms with E-state index in [1.54, 1.807) is 42.1 Å². The van der Waals surface area contributed by atoms with Gasteiger partial charge in [-0.25, -0.2) is 19.7 Å². The number of nitro benzene ring substituents is 2. The Balaban J connectivity index is 1.27. The zero-order chi connectivity index (χ0) is 44.9. The number of nitrogens with zero attached hydrogens (tertiary/aromatic N) is 6. The molecular weight excluding hydrogens is 839 g/mol. The average Bonchev–Trinajstić information content (AvgIpc) is 3.78. The van der Waals surface area contributed by atoms with E-state index >= 15 is 0 Å². The summed E-state index contributed by atoms with van der Waals surface area (Å²) in [6, 6.07) is 12.4. The van der Waals surface area contributed by atoms with Gasteiger partial charge in [-0.05, 0) is 46.6 Å². The molecule has 0 spiro atoms. The van der Waals surface area contributed by atoms with Crippen molar-refractivity contribution >= 4 is 51.6 Å². The molecule has 4 heterocycles. The normalized spacial score (nSPS) is 21.5. The minimum Gasteiger partial charge on any atom is -0.449 e. The maximum atomic E-state index is 13.0. The lowest BCUT2D eigenvalue weighted by Crippen LogP contribution is -2.66. The number of imidazole rings is 1. The van der Waals surface area contributed by atoms with Gasteiger partial charge in [0.2, 0.25) is 0 Å². The molecular formula is C41H57N7O12Si2. The minimum absolute atomic E-state index is 0.0132. The number of hydrogen-bond donors (Lipinski definition) is 1. The first-order chi connectivity index (χ1) is 29.4. The second kappa shape index (κ2) is 19.7. The summed E-state index contributed by atoms with van der Waals surface area (Å²) in [6.07, 6.45) is -0.715. The molecule has 0 radical (unpaired) electrons. The third-order valence-electron chi connectivity index (χ3n) is 11.5. The van der Waals surface area contributed by atoms with Crippen LogP contribution in [0.3, 0.4) is 0 Å². The fourth-order valence-electron chi connectivity index (χ4n) is 8.19. The van der Waals surface area contributed by atoms with Gasteiger partial charge in [-0.15, -0.1) is 0 Å². The van der Waals surface area contributed by atoms with Crippen LogP contribution in [0.5, 0.6) is 0 Å². The highest BCUT2D eigenvalue weighted by Gasteiger charge is 2.62. The van der Waals surface area contributed by atoms with E-state index in [-0.39, 0.29) is 64.7 Å². The Morgan fingerprint density at radius 1 is 0.823 bits per heavy atom. The van der Waals surface area contributed by atoms with Crippen molar-refractivity contribution in [3.05, 3.63) is 92.5 Å². The molecule has 336 valence electrons. The highest BCUT2D eigenvalue weighted by atomic mass is 28.5. The molecule has 1 unspecified atom stereocenters. The Morgan fingerprint density at radius 2 is 1.39 bits per heavy atom. The van der Waals surface area contributed by atoms with Crippen molar-refractivity contribution in [2.24, 2.45) is 0 Å². The molecule has 2 aliphatic rings. The summed E-state index contributed by atoms with van der Waals surface area (Å²) in [5.41, 5.74) is 2.56. The van der Waals surface area contributed by atoms with E-state index in [1.807, 2.05) is 0 Å². The number of rotatable bonds is 17.